The highest BCUT2D eigenvalue weighted by atomic mass is 32.2. The van der Waals surface area contributed by atoms with Crippen LogP contribution in [0.2, 0.25) is 0 Å². The van der Waals surface area contributed by atoms with Gasteiger partial charge < -0.3 is 24.4 Å². The van der Waals surface area contributed by atoms with Crippen LogP contribution in [0.1, 0.15) is 23.1 Å². The van der Waals surface area contributed by atoms with Gasteiger partial charge in [-0.15, -0.1) is 0 Å². The molecular formula is C19H22NO6S-. The first-order chi connectivity index (χ1) is 12.8. The zero-order chi connectivity index (χ0) is 20.1. The molecule has 8 heteroatoms. The number of carbonyl (C=O) groups excluding carboxylic acids is 2. The van der Waals surface area contributed by atoms with Crippen LogP contribution in [0.3, 0.4) is 0 Å². The lowest BCUT2D eigenvalue weighted by molar-refractivity contribution is -0.308. The van der Waals surface area contributed by atoms with E-state index in [1.54, 1.807) is 26.0 Å². The van der Waals surface area contributed by atoms with Crippen LogP contribution in [0.4, 0.5) is 0 Å². The summed E-state index contributed by atoms with van der Waals surface area (Å²) in [5.41, 5.74) is 1.98. The monoisotopic (exact) mass is 392 g/mol. The highest BCUT2D eigenvalue weighted by Gasteiger charge is 2.16. The van der Waals surface area contributed by atoms with E-state index in [-0.39, 0.29) is 13.0 Å². The number of carboxylic acid groups (broad SMARTS) is 1. The van der Waals surface area contributed by atoms with E-state index in [1.165, 1.54) is 11.8 Å². The molecule has 1 atom stereocenters. The molecule has 0 saturated carbocycles. The molecule has 0 fully saturated rings. The normalized spacial score (nSPS) is 12.0. The lowest BCUT2D eigenvalue weighted by atomic mass is 10.0. The Balaban J connectivity index is 2.14. The van der Waals surface area contributed by atoms with Crippen molar-refractivity contribution in [2.24, 2.45) is 0 Å². The van der Waals surface area contributed by atoms with Gasteiger partial charge in [-0.05, 0) is 56.9 Å². The van der Waals surface area contributed by atoms with Gasteiger partial charge in [-0.1, -0.05) is 0 Å². The van der Waals surface area contributed by atoms with E-state index in [0.717, 1.165) is 10.9 Å². The maximum absolute atomic E-state index is 12.0. The third kappa shape index (κ3) is 4.82. The van der Waals surface area contributed by atoms with E-state index in [2.05, 4.69) is 5.32 Å². The van der Waals surface area contributed by atoms with E-state index >= 15 is 0 Å². The first-order valence-electron chi connectivity index (χ1n) is 8.41. The first-order valence-corrected chi connectivity index (χ1v) is 9.81. The van der Waals surface area contributed by atoms with Crippen LogP contribution >= 0.6 is 11.8 Å². The number of amides is 1. The average molecular weight is 392 g/mol. The fourth-order valence-corrected chi connectivity index (χ4v) is 3.12. The van der Waals surface area contributed by atoms with Crippen molar-refractivity contribution in [1.82, 2.24) is 5.32 Å². The first kappa shape index (κ1) is 20.8. The van der Waals surface area contributed by atoms with Crippen molar-refractivity contribution in [3.63, 3.8) is 0 Å². The highest BCUT2D eigenvalue weighted by Crippen LogP contribution is 2.29. The molecule has 1 aromatic heterocycles. The van der Waals surface area contributed by atoms with Gasteiger partial charge in [0.05, 0.1) is 12.0 Å². The molecule has 2 rings (SSSR count). The van der Waals surface area contributed by atoms with Crippen LogP contribution in [-0.4, -0.2) is 36.5 Å². The predicted molar refractivity (Wildman–Crippen MR) is 102 cm³/mol. The van der Waals surface area contributed by atoms with Gasteiger partial charge in [0, 0.05) is 16.5 Å². The zero-order valence-electron chi connectivity index (χ0n) is 15.7. The van der Waals surface area contributed by atoms with Crippen LogP contribution in [0.25, 0.3) is 11.0 Å². The van der Waals surface area contributed by atoms with Crippen LogP contribution in [0.15, 0.2) is 21.3 Å². The molecule has 0 aliphatic rings. The summed E-state index contributed by atoms with van der Waals surface area (Å²) in [7, 11) is 0. The Hall–Kier alpha value is -2.48. The SMILES string of the molecule is CSCC[C@H](NC(=O)COc1ccc2c(C)c(C)c(=O)oc2c1C)C(=O)[O-]. The number of thioether (sulfide) groups is 1. The molecule has 146 valence electrons. The number of aryl methyl sites for hydroxylation is 2. The average Bonchev–Trinajstić information content (AvgIpc) is 2.63. The van der Waals surface area contributed by atoms with Gasteiger partial charge in [0.2, 0.25) is 0 Å². The lowest BCUT2D eigenvalue weighted by Gasteiger charge is -2.19. The minimum atomic E-state index is -1.33. The summed E-state index contributed by atoms with van der Waals surface area (Å²) in [5, 5.41) is 14.3. The maximum Gasteiger partial charge on any atom is 0.339 e. The van der Waals surface area contributed by atoms with E-state index in [9.17, 15) is 19.5 Å². The molecule has 0 bridgehead atoms. The molecule has 1 aromatic carbocycles. The number of hydrogen-bond donors (Lipinski definition) is 1. The molecule has 0 saturated heterocycles. The van der Waals surface area contributed by atoms with E-state index in [1.807, 2.05) is 13.2 Å². The van der Waals surface area contributed by atoms with E-state index in [0.29, 0.717) is 28.2 Å². The number of aliphatic carboxylic acids is 1. The molecule has 1 heterocycles. The fourth-order valence-electron chi connectivity index (χ4n) is 2.65. The maximum atomic E-state index is 12.0. The molecule has 0 unspecified atom stereocenters. The van der Waals surface area contributed by atoms with Gasteiger partial charge in [-0.3, -0.25) is 4.79 Å². The molecule has 2 aromatic rings. The number of rotatable bonds is 8. The van der Waals surface area contributed by atoms with Crippen LogP contribution in [0, 0.1) is 20.8 Å². The van der Waals surface area contributed by atoms with Gasteiger partial charge in [-0.2, -0.15) is 11.8 Å². The molecule has 0 spiro atoms. The van der Waals surface area contributed by atoms with Crippen LogP contribution in [-0.2, 0) is 9.59 Å². The second-order valence-electron chi connectivity index (χ2n) is 6.21. The Morgan fingerprint density at radius 2 is 1.93 bits per heavy atom. The zero-order valence-corrected chi connectivity index (χ0v) is 16.5. The smallest absolute Gasteiger partial charge is 0.339 e. The molecule has 0 aliphatic carbocycles. The van der Waals surface area contributed by atoms with Crippen molar-refractivity contribution >= 4 is 34.6 Å². The van der Waals surface area contributed by atoms with Crippen molar-refractivity contribution in [2.45, 2.75) is 33.2 Å². The summed E-state index contributed by atoms with van der Waals surface area (Å²) in [5.74, 6) is -0.919. The number of hydrogen-bond acceptors (Lipinski definition) is 7. The molecular weight excluding hydrogens is 370 g/mol. The summed E-state index contributed by atoms with van der Waals surface area (Å²) >= 11 is 1.48. The molecule has 0 radical (unpaired) electrons. The Bertz CT molecular complexity index is 921. The van der Waals surface area contributed by atoms with Gasteiger partial charge >= 0.3 is 5.63 Å². The number of benzene rings is 1. The van der Waals surface area contributed by atoms with Crippen molar-refractivity contribution < 1.29 is 23.8 Å². The number of carboxylic acids is 1. The van der Waals surface area contributed by atoms with Crippen molar-refractivity contribution in [1.29, 1.82) is 0 Å². The van der Waals surface area contributed by atoms with Gasteiger partial charge in [-0.25, -0.2) is 4.79 Å². The Labute approximate surface area is 161 Å². The standard InChI is InChI=1S/C19H23NO6S/c1-10-11(2)19(24)26-17-12(3)15(6-5-13(10)17)25-9-16(21)20-14(18(22)23)7-8-27-4/h5-6,14H,7-9H2,1-4H3,(H,20,21)(H,22,23)/p-1/t14-/m0/s1. The van der Waals surface area contributed by atoms with Crippen LogP contribution in [0.5, 0.6) is 5.75 Å². The van der Waals surface area contributed by atoms with Crippen LogP contribution < -0.4 is 20.8 Å². The summed E-state index contributed by atoms with van der Waals surface area (Å²) in [6, 6.07) is 2.40. The molecule has 27 heavy (non-hydrogen) atoms. The topological polar surface area (TPSA) is 109 Å². The second kappa shape index (κ2) is 8.94. The largest absolute Gasteiger partial charge is 0.548 e. The van der Waals surface area contributed by atoms with E-state index in [4.69, 9.17) is 9.15 Å². The summed E-state index contributed by atoms with van der Waals surface area (Å²) < 4.78 is 10.9. The molecule has 7 nitrogen and oxygen atoms in total. The van der Waals surface area contributed by atoms with Crippen molar-refractivity contribution in [3.05, 3.63) is 39.2 Å². The third-order valence-corrected chi connectivity index (χ3v) is 5.06. The lowest BCUT2D eigenvalue weighted by Crippen LogP contribution is -2.49. The van der Waals surface area contributed by atoms with Crippen molar-refractivity contribution in [2.75, 3.05) is 18.6 Å². The quantitative estimate of drug-likeness (QED) is 0.670. The Morgan fingerprint density at radius 3 is 2.56 bits per heavy atom. The number of nitrogens with one attached hydrogen (secondary N) is 1. The number of ether oxygens (including phenoxy) is 1. The molecule has 1 N–H and O–H groups in total. The summed E-state index contributed by atoms with van der Waals surface area (Å²) in [4.78, 5) is 35.0. The molecule has 0 aliphatic heterocycles. The Morgan fingerprint density at radius 1 is 1.22 bits per heavy atom. The van der Waals surface area contributed by atoms with Gasteiger partial charge in [0.1, 0.15) is 11.3 Å². The third-order valence-electron chi connectivity index (χ3n) is 4.41. The predicted octanol–water partition coefficient (Wildman–Crippen LogP) is 1.08. The summed E-state index contributed by atoms with van der Waals surface area (Å²) in [6.07, 6.45) is 2.12. The minimum absolute atomic E-state index is 0.272. The second-order valence-corrected chi connectivity index (χ2v) is 7.20. The fraction of sp³-hybridized carbons (Fsp3) is 0.421. The van der Waals surface area contributed by atoms with Crippen molar-refractivity contribution in [3.8, 4) is 5.75 Å². The van der Waals surface area contributed by atoms with Gasteiger partial charge in [0.15, 0.2) is 6.61 Å². The summed E-state index contributed by atoms with van der Waals surface area (Å²) in [6.45, 7) is 4.92. The number of carbonyl (C=O) groups is 2. The Kier molecular flexibility index (Phi) is 6.90. The highest BCUT2D eigenvalue weighted by molar-refractivity contribution is 7.98. The minimum Gasteiger partial charge on any atom is -0.548 e. The number of fused-ring (bicyclic) bond motifs is 1. The van der Waals surface area contributed by atoms with Gasteiger partial charge in [0.25, 0.3) is 5.91 Å². The van der Waals surface area contributed by atoms with E-state index < -0.39 is 23.5 Å². The molecule has 1 amide bonds.